The summed E-state index contributed by atoms with van der Waals surface area (Å²) in [5, 5.41) is 0.616. The minimum absolute atomic E-state index is 0.00674. The SMILES string of the molecule is COC(=O)c1oc2ccc(Cl)cc2c1-c1ccccc1C(F)(F)F. The van der Waals surface area contributed by atoms with Gasteiger partial charge in [0.1, 0.15) is 5.58 Å². The lowest BCUT2D eigenvalue weighted by molar-refractivity contribution is -0.137. The van der Waals surface area contributed by atoms with Crippen molar-refractivity contribution in [3.05, 3.63) is 58.8 Å². The summed E-state index contributed by atoms with van der Waals surface area (Å²) >= 11 is 5.95. The quantitative estimate of drug-likeness (QED) is 0.566. The van der Waals surface area contributed by atoms with Gasteiger partial charge in [0, 0.05) is 16.0 Å². The molecule has 0 bridgehead atoms. The van der Waals surface area contributed by atoms with E-state index in [1.165, 1.54) is 36.4 Å². The highest BCUT2D eigenvalue weighted by Gasteiger charge is 2.36. The van der Waals surface area contributed by atoms with E-state index in [1.54, 1.807) is 0 Å². The van der Waals surface area contributed by atoms with Gasteiger partial charge >= 0.3 is 12.1 Å². The number of ether oxygens (including phenoxy) is 1. The first kappa shape index (κ1) is 16.4. The second kappa shape index (κ2) is 5.87. The van der Waals surface area contributed by atoms with Gasteiger partial charge in [0.05, 0.1) is 12.7 Å². The van der Waals surface area contributed by atoms with Gasteiger partial charge in [-0.15, -0.1) is 0 Å². The molecule has 0 atom stereocenters. The van der Waals surface area contributed by atoms with Crippen LogP contribution >= 0.6 is 11.6 Å². The van der Waals surface area contributed by atoms with Crippen LogP contribution in [-0.2, 0) is 10.9 Å². The van der Waals surface area contributed by atoms with E-state index >= 15 is 0 Å². The van der Waals surface area contributed by atoms with Gasteiger partial charge in [0.15, 0.2) is 0 Å². The van der Waals surface area contributed by atoms with Gasteiger partial charge in [-0.3, -0.25) is 0 Å². The summed E-state index contributed by atoms with van der Waals surface area (Å²) in [6.07, 6.45) is -4.59. The smallest absolute Gasteiger partial charge is 0.417 e. The molecule has 0 N–H and O–H groups in total. The number of fused-ring (bicyclic) bond motifs is 1. The van der Waals surface area contributed by atoms with Gasteiger partial charge in [0.2, 0.25) is 5.76 Å². The summed E-state index contributed by atoms with van der Waals surface area (Å²) in [5.41, 5.74) is -0.803. The predicted octanol–water partition coefficient (Wildman–Crippen LogP) is 5.56. The van der Waals surface area contributed by atoms with Crippen LogP contribution in [0.4, 0.5) is 13.2 Å². The Kier molecular flexibility index (Phi) is 4.01. The van der Waals surface area contributed by atoms with Crippen LogP contribution in [0.1, 0.15) is 16.1 Å². The Bertz CT molecular complexity index is 928. The van der Waals surface area contributed by atoms with Gasteiger partial charge in [0.25, 0.3) is 0 Å². The Labute approximate surface area is 139 Å². The highest BCUT2D eigenvalue weighted by atomic mass is 35.5. The Morgan fingerprint density at radius 1 is 1.17 bits per heavy atom. The van der Waals surface area contributed by atoms with Crippen molar-refractivity contribution >= 4 is 28.5 Å². The fraction of sp³-hybridized carbons (Fsp3) is 0.118. The molecule has 0 fully saturated rings. The zero-order valence-electron chi connectivity index (χ0n) is 12.3. The van der Waals surface area contributed by atoms with E-state index in [4.69, 9.17) is 16.0 Å². The number of methoxy groups -OCH3 is 1. The molecule has 0 aliphatic carbocycles. The minimum atomic E-state index is -4.59. The lowest BCUT2D eigenvalue weighted by Gasteiger charge is -2.12. The second-order valence-corrected chi connectivity index (χ2v) is 5.42. The van der Waals surface area contributed by atoms with Crippen molar-refractivity contribution < 1.29 is 27.1 Å². The molecule has 0 radical (unpaired) electrons. The summed E-state index contributed by atoms with van der Waals surface area (Å²) in [6.45, 7) is 0. The molecule has 0 saturated heterocycles. The third-order valence-electron chi connectivity index (χ3n) is 3.52. The molecule has 0 unspecified atom stereocenters. The second-order valence-electron chi connectivity index (χ2n) is 4.98. The van der Waals surface area contributed by atoms with Crippen LogP contribution in [0.2, 0.25) is 5.02 Å². The van der Waals surface area contributed by atoms with Crippen molar-refractivity contribution in [1.82, 2.24) is 0 Å². The fourth-order valence-corrected chi connectivity index (χ4v) is 2.69. The summed E-state index contributed by atoms with van der Waals surface area (Å²) in [7, 11) is 1.13. The van der Waals surface area contributed by atoms with Crippen molar-refractivity contribution in [2.24, 2.45) is 0 Å². The van der Waals surface area contributed by atoms with Gasteiger partial charge in [-0.05, 0) is 29.8 Å². The number of furan rings is 1. The highest BCUT2D eigenvalue weighted by molar-refractivity contribution is 6.31. The van der Waals surface area contributed by atoms with Crippen LogP contribution < -0.4 is 0 Å². The van der Waals surface area contributed by atoms with Crippen molar-refractivity contribution in [1.29, 1.82) is 0 Å². The topological polar surface area (TPSA) is 39.4 Å². The van der Waals surface area contributed by atoms with Crippen LogP contribution in [0.3, 0.4) is 0 Å². The summed E-state index contributed by atoms with van der Waals surface area (Å²) in [4.78, 5) is 12.0. The van der Waals surface area contributed by atoms with Crippen LogP contribution in [-0.4, -0.2) is 13.1 Å². The first-order valence-corrected chi connectivity index (χ1v) is 7.17. The zero-order chi connectivity index (χ0) is 17.5. The van der Waals surface area contributed by atoms with Crippen LogP contribution in [0.15, 0.2) is 46.9 Å². The van der Waals surface area contributed by atoms with E-state index < -0.39 is 17.7 Å². The zero-order valence-corrected chi connectivity index (χ0v) is 13.0. The van der Waals surface area contributed by atoms with E-state index in [-0.39, 0.29) is 22.5 Å². The van der Waals surface area contributed by atoms with E-state index in [0.29, 0.717) is 10.4 Å². The molecule has 0 aliphatic rings. The molecule has 3 nitrogen and oxygen atoms in total. The fourth-order valence-electron chi connectivity index (χ4n) is 2.52. The van der Waals surface area contributed by atoms with Crippen LogP contribution in [0.5, 0.6) is 0 Å². The number of carbonyl (C=O) groups is 1. The molecule has 24 heavy (non-hydrogen) atoms. The molecule has 124 valence electrons. The molecule has 0 aliphatic heterocycles. The van der Waals surface area contributed by atoms with Crippen LogP contribution in [0, 0.1) is 0 Å². The molecule has 3 rings (SSSR count). The molecule has 2 aromatic carbocycles. The van der Waals surface area contributed by atoms with Gasteiger partial charge in [-0.2, -0.15) is 13.2 Å². The normalized spacial score (nSPS) is 11.7. The molecule has 0 spiro atoms. The highest BCUT2D eigenvalue weighted by Crippen LogP contribution is 2.42. The predicted molar refractivity (Wildman–Crippen MR) is 83.0 cm³/mol. The molecule has 1 aromatic heterocycles. The van der Waals surface area contributed by atoms with Crippen molar-refractivity contribution in [2.75, 3.05) is 7.11 Å². The maximum absolute atomic E-state index is 13.4. The van der Waals surface area contributed by atoms with Crippen molar-refractivity contribution in [2.45, 2.75) is 6.18 Å². The number of carbonyl (C=O) groups excluding carboxylic acids is 1. The molecule has 0 saturated carbocycles. The van der Waals surface area contributed by atoms with Gasteiger partial charge in [-0.25, -0.2) is 4.79 Å². The first-order chi connectivity index (χ1) is 11.3. The first-order valence-electron chi connectivity index (χ1n) is 6.80. The maximum atomic E-state index is 13.4. The van der Waals surface area contributed by atoms with E-state index in [1.807, 2.05) is 0 Å². The Balaban J connectivity index is 2.41. The average molecular weight is 355 g/mol. The third kappa shape index (κ3) is 2.73. The number of rotatable bonds is 2. The van der Waals surface area contributed by atoms with E-state index in [9.17, 15) is 18.0 Å². The Hall–Kier alpha value is -2.47. The molecule has 3 aromatic rings. The van der Waals surface area contributed by atoms with Crippen molar-refractivity contribution in [3.63, 3.8) is 0 Å². The van der Waals surface area contributed by atoms with E-state index in [0.717, 1.165) is 13.2 Å². The number of benzene rings is 2. The molecular formula is C17H10ClF3O3. The molecule has 7 heteroatoms. The third-order valence-corrected chi connectivity index (χ3v) is 3.76. The number of hydrogen-bond acceptors (Lipinski definition) is 3. The maximum Gasteiger partial charge on any atom is 0.417 e. The monoisotopic (exact) mass is 354 g/mol. The largest absolute Gasteiger partial charge is 0.463 e. The number of hydrogen-bond donors (Lipinski definition) is 0. The summed E-state index contributed by atoms with van der Waals surface area (Å²) in [6, 6.07) is 9.42. The Morgan fingerprint density at radius 2 is 1.88 bits per heavy atom. The van der Waals surface area contributed by atoms with Gasteiger partial charge < -0.3 is 9.15 Å². The lowest BCUT2D eigenvalue weighted by Crippen LogP contribution is -2.08. The minimum Gasteiger partial charge on any atom is -0.463 e. The average Bonchev–Trinajstić information content (AvgIpc) is 2.91. The van der Waals surface area contributed by atoms with Gasteiger partial charge in [-0.1, -0.05) is 29.8 Å². The Morgan fingerprint density at radius 3 is 2.54 bits per heavy atom. The lowest BCUT2D eigenvalue weighted by atomic mass is 9.96. The van der Waals surface area contributed by atoms with Crippen LogP contribution in [0.25, 0.3) is 22.1 Å². The summed E-state index contributed by atoms with van der Waals surface area (Å²) < 4.78 is 50.1. The molecule has 1 heterocycles. The number of halogens is 4. The summed E-state index contributed by atoms with van der Waals surface area (Å²) in [5.74, 6) is -1.17. The number of esters is 1. The molecule has 0 amide bonds. The number of alkyl halides is 3. The molecular weight excluding hydrogens is 345 g/mol. The van der Waals surface area contributed by atoms with Crippen molar-refractivity contribution in [3.8, 4) is 11.1 Å². The van der Waals surface area contributed by atoms with E-state index in [2.05, 4.69) is 4.74 Å². The standard InChI is InChI=1S/C17H10ClF3O3/c1-23-16(22)15-14(11-8-9(18)6-7-13(11)24-15)10-4-2-3-5-12(10)17(19,20)21/h2-8H,1H3.